The maximum absolute atomic E-state index is 13.3. The molecule has 9 nitrogen and oxygen atoms in total. The number of carbonyl (C=O) groups is 3. The fraction of sp³-hybridized carbons (Fsp3) is 0.227. The fourth-order valence-electron chi connectivity index (χ4n) is 3.15. The van der Waals surface area contributed by atoms with Crippen molar-refractivity contribution in [3.05, 3.63) is 69.1 Å². The molecule has 2 aromatic heterocycles. The molecule has 0 fully saturated rings. The van der Waals surface area contributed by atoms with E-state index in [1.54, 1.807) is 38.1 Å². The van der Waals surface area contributed by atoms with Gasteiger partial charge in [0.1, 0.15) is 12.2 Å². The highest BCUT2D eigenvalue weighted by Gasteiger charge is 2.24. The van der Waals surface area contributed by atoms with E-state index in [0.29, 0.717) is 27.1 Å². The van der Waals surface area contributed by atoms with Gasteiger partial charge in [-0.25, -0.2) is 9.67 Å². The summed E-state index contributed by atoms with van der Waals surface area (Å²) in [4.78, 5) is 43.3. The number of halogens is 2. The molecule has 0 saturated carbocycles. The molecule has 3 rings (SSSR count). The van der Waals surface area contributed by atoms with Gasteiger partial charge >= 0.3 is 5.97 Å². The van der Waals surface area contributed by atoms with E-state index in [0.717, 1.165) is 0 Å². The lowest BCUT2D eigenvalue weighted by molar-refractivity contribution is -0.141. The molecule has 0 unspecified atom stereocenters. The van der Waals surface area contributed by atoms with Crippen LogP contribution in [0.1, 0.15) is 32.1 Å². The lowest BCUT2D eigenvalue weighted by Crippen LogP contribution is -2.33. The summed E-state index contributed by atoms with van der Waals surface area (Å²) in [6, 6.07) is 7.93. The van der Waals surface area contributed by atoms with E-state index < -0.39 is 17.8 Å². The minimum atomic E-state index is -0.582. The number of amides is 2. The molecule has 1 aromatic carbocycles. The van der Waals surface area contributed by atoms with Crippen LogP contribution in [0.15, 0.2) is 36.5 Å². The molecule has 3 aromatic rings. The van der Waals surface area contributed by atoms with Gasteiger partial charge in [-0.15, -0.1) is 0 Å². The van der Waals surface area contributed by atoms with Gasteiger partial charge in [0, 0.05) is 18.3 Å². The predicted molar refractivity (Wildman–Crippen MR) is 124 cm³/mol. The normalized spacial score (nSPS) is 10.6. The first-order valence-electron chi connectivity index (χ1n) is 9.73. The predicted octanol–water partition coefficient (Wildman–Crippen LogP) is 3.69. The van der Waals surface area contributed by atoms with Crippen LogP contribution in [0.5, 0.6) is 0 Å². The lowest BCUT2D eigenvalue weighted by Gasteiger charge is -2.20. The number of esters is 1. The zero-order valence-corrected chi connectivity index (χ0v) is 19.9. The summed E-state index contributed by atoms with van der Waals surface area (Å²) in [7, 11) is 2.68. The largest absolute Gasteiger partial charge is 0.468 e. The summed E-state index contributed by atoms with van der Waals surface area (Å²) in [6.45, 7) is 3.17. The second-order valence-electron chi connectivity index (χ2n) is 7.23. The van der Waals surface area contributed by atoms with Gasteiger partial charge in [0.15, 0.2) is 5.82 Å². The molecular formula is C22H21Cl2N5O4. The van der Waals surface area contributed by atoms with E-state index in [4.69, 9.17) is 23.2 Å². The SMILES string of the molecule is COC(=O)CN(C)C(=O)c1cc(Cl)cc(C)c1NC(=O)c1cc(C)nn1-c1ncccc1Cl. The van der Waals surface area contributed by atoms with Gasteiger partial charge in [0.25, 0.3) is 11.8 Å². The Morgan fingerprint density at radius 1 is 1.18 bits per heavy atom. The van der Waals surface area contributed by atoms with Gasteiger partial charge in [0.05, 0.1) is 29.1 Å². The molecule has 172 valence electrons. The molecule has 0 radical (unpaired) electrons. The smallest absolute Gasteiger partial charge is 0.325 e. The molecule has 33 heavy (non-hydrogen) atoms. The van der Waals surface area contributed by atoms with Gasteiger partial charge < -0.3 is 15.0 Å². The van der Waals surface area contributed by atoms with Crippen LogP contribution in [-0.2, 0) is 9.53 Å². The summed E-state index contributed by atoms with van der Waals surface area (Å²) in [5, 5.41) is 7.73. The third-order valence-corrected chi connectivity index (χ3v) is 5.23. The monoisotopic (exact) mass is 489 g/mol. The Hall–Kier alpha value is -3.43. The minimum absolute atomic E-state index is 0.124. The van der Waals surface area contributed by atoms with Crippen molar-refractivity contribution in [1.29, 1.82) is 0 Å². The lowest BCUT2D eigenvalue weighted by atomic mass is 10.1. The van der Waals surface area contributed by atoms with E-state index in [2.05, 4.69) is 20.1 Å². The van der Waals surface area contributed by atoms with Crippen molar-refractivity contribution in [2.75, 3.05) is 26.0 Å². The van der Waals surface area contributed by atoms with Crippen molar-refractivity contribution in [2.24, 2.45) is 0 Å². The number of aromatic nitrogens is 3. The fourth-order valence-corrected chi connectivity index (χ4v) is 3.62. The number of hydrogen-bond acceptors (Lipinski definition) is 6. The standard InChI is InChI=1S/C22H21Cl2N5O4/c1-12-8-14(23)10-15(22(32)28(3)11-18(30)33-4)19(12)26-21(31)17-9-13(2)27-29(17)20-16(24)6-5-7-25-20/h5-10H,11H2,1-4H3,(H,26,31). The van der Waals surface area contributed by atoms with Crippen molar-refractivity contribution in [3.8, 4) is 5.82 Å². The van der Waals surface area contributed by atoms with E-state index in [-0.39, 0.29) is 23.5 Å². The first-order valence-corrected chi connectivity index (χ1v) is 10.5. The minimum Gasteiger partial charge on any atom is -0.468 e. The highest BCUT2D eigenvalue weighted by Crippen LogP contribution is 2.28. The van der Waals surface area contributed by atoms with Crippen LogP contribution in [0.2, 0.25) is 10.0 Å². The molecule has 2 heterocycles. The number of aryl methyl sites for hydroxylation is 2. The highest BCUT2D eigenvalue weighted by atomic mass is 35.5. The van der Waals surface area contributed by atoms with Gasteiger partial charge in [-0.05, 0) is 49.7 Å². The van der Waals surface area contributed by atoms with Crippen LogP contribution in [0.4, 0.5) is 5.69 Å². The summed E-state index contributed by atoms with van der Waals surface area (Å²) in [5.41, 5.74) is 1.68. The quantitative estimate of drug-likeness (QED) is 0.529. The second-order valence-corrected chi connectivity index (χ2v) is 8.07. The number of hydrogen-bond donors (Lipinski definition) is 1. The second kappa shape index (κ2) is 10.0. The molecule has 0 aliphatic rings. The Morgan fingerprint density at radius 2 is 1.91 bits per heavy atom. The van der Waals surface area contributed by atoms with Crippen molar-refractivity contribution in [3.63, 3.8) is 0 Å². The van der Waals surface area contributed by atoms with Crippen molar-refractivity contribution in [2.45, 2.75) is 13.8 Å². The van der Waals surface area contributed by atoms with Gasteiger partial charge in [-0.3, -0.25) is 14.4 Å². The molecule has 0 spiro atoms. The first-order chi connectivity index (χ1) is 15.6. The number of benzene rings is 1. The third kappa shape index (κ3) is 5.32. The van der Waals surface area contributed by atoms with Crippen LogP contribution in [0.3, 0.4) is 0 Å². The zero-order chi connectivity index (χ0) is 24.3. The zero-order valence-electron chi connectivity index (χ0n) is 18.3. The Labute approximate surface area is 200 Å². The molecular weight excluding hydrogens is 469 g/mol. The maximum Gasteiger partial charge on any atom is 0.325 e. The number of likely N-dealkylation sites (N-methyl/N-ethyl adjacent to an activating group) is 1. The number of pyridine rings is 1. The average molecular weight is 490 g/mol. The van der Waals surface area contributed by atoms with Gasteiger partial charge in [-0.2, -0.15) is 5.10 Å². The maximum atomic E-state index is 13.3. The summed E-state index contributed by atoms with van der Waals surface area (Å²) in [5.74, 6) is -1.34. The van der Waals surface area contributed by atoms with E-state index in [9.17, 15) is 14.4 Å². The molecule has 2 amide bonds. The summed E-state index contributed by atoms with van der Waals surface area (Å²) >= 11 is 12.4. The number of ether oxygens (including phenoxy) is 1. The first kappa shape index (κ1) is 24.2. The third-order valence-electron chi connectivity index (χ3n) is 4.71. The van der Waals surface area contributed by atoms with Crippen molar-refractivity contribution >= 4 is 46.7 Å². The number of carbonyl (C=O) groups excluding carboxylic acids is 3. The highest BCUT2D eigenvalue weighted by molar-refractivity contribution is 6.32. The van der Waals surface area contributed by atoms with E-state index in [1.165, 1.54) is 36.0 Å². The Balaban J connectivity index is 2.00. The van der Waals surface area contributed by atoms with Gasteiger partial charge in [-0.1, -0.05) is 23.2 Å². The van der Waals surface area contributed by atoms with Crippen LogP contribution in [-0.4, -0.2) is 58.2 Å². The molecule has 1 N–H and O–H groups in total. The van der Waals surface area contributed by atoms with Crippen LogP contribution >= 0.6 is 23.2 Å². The molecule has 11 heteroatoms. The summed E-state index contributed by atoms with van der Waals surface area (Å²) < 4.78 is 5.96. The van der Waals surface area contributed by atoms with E-state index >= 15 is 0 Å². The number of nitrogens with one attached hydrogen (secondary N) is 1. The van der Waals surface area contributed by atoms with Crippen LogP contribution in [0, 0.1) is 13.8 Å². The van der Waals surface area contributed by atoms with E-state index in [1.807, 2.05) is 0 Å². The Bertz CT molecular complexity index is 1240. The van der Waals surface area contributed by atoms with Crippen molar-refractivity contribution < 1.29 is 19.1 Å². The van der Waals surface area contributed by atoms with Gasteiger partial charge in [0.2, 0.25) is 0 Å². The molecule has 0 atom stereocenters. The molecule has 0 saturated heterocycles. The number of rotatable bonds is 6. The molecule has 0 bridgehead atoms. The van der Waals surface area contributed by atoms with Crippen LogP contribution in [0.25, 0.3) is 5.82 Å². The number of methoxy groups -OCH3 is 1. The number of anilines is 1. The van der Waals surface area contributed by atoms with Crippen LogP contribution < -0.4 is 5.32 Å². The summed E-state index contributed by atoms with van der Waals surface area (Å²) in [6.07, 6.45) is 1.54. The topological polar surface area (TPSA) is 106 Å². The molecule has 0 aliphatic heterocycles. The Kier molecular flexibility index (Phi) is 7.35. The Morgan fingerprint density at radius 3 is 2.58 bits per heavy atom. The number of nitrogens with zero attached hydrogens (tertiary/aromatic N) is 4. The van der Waals surface area contributed by atoms with Crippen molar-refractivity contribution in [1.82, 2.24) is 19.7 Å². The average Bonchev–Trinajstić information content (AvgIpc) is 3.16. The molecule has 0 aliphatic carbocycles.